The van der Waals surface area contributed by atoms with Gasteiger partial charge < -0.3 is 19.8 Å². The molecule has 0 saturated heterocycles. The Bertz CT molecular complexity index is 667. The maximum atomic E-state index is 5.56. The molecule has 0 atom stereocenters. The minimum atomic E-state index is 0. The van der Waals surface area contributed by atoms with Crippen LogP contribution in [0.2, 0.25) is 0 Å². The van der Waals surface area contributed by atoms with Gasteiger partial charge in [-0.3, -0.25) is 9.67 Å². The Kier molecular flexibility index (Phi) is 10.3. The molecule has 8 heteroatoms. The first-order valence-electron chi connectivity index (χ1n) is 8.65. The van der Waals surface area contributed by atoms with Crippen molar-refractivity contribution < 1.29 is 9.15 Å². The van der Waals surface area contributed by atoms with Crippen molar-refractivity contribution in [3.8, 4) is 0 Å². The van der Waals surface area contributed by atoms with E-state index in [-0.39, 0.29) is 24.0 Å². The summed E-state index contributed by atoms with van der Waals surface area (Å²) in [5.41, 5.74) is 3.62. The van der Waals surface area contributed by atoms with Crippen LogP contribution in [0, 0.1) is 13.8 Å². The Balaban J connectivity index is 0.00000338. The number of aliphatic imine (C=N–C) groups is 1. The van der Waals surface area contributed by atoms with E-state index in [1.165, 1.54) is 11.3 Å². The zero-order chi connectivity index (χ0) is 18.1. The lowest BCUT2D eigenvalue weighted by atomic mass is 10.1. The Morgan fingerprint density at radius 2 is 2.08 bits per heavy atom. The number of rotatable bonds is 9. The maximum Gasteiger partial charge on any atom is 0.190 e. The summed E-state index contributed by atoms with van der Waals surface area (Å²) in [7, 11) is 3.76. The molecule has 0 aliphatic rings. The largest absolute Gasteiger partial charge is 0.467 e. The van der Waals surface area contributed by atoms with Crippen LogP contribution >= 0.6 is 24.0 Å². The van der Waals surface area contributed by atoms with Crippen molar-refractivity contribution >= 4 is 29.9 Å². The number of nitrogens with zero attached hydrogens (tertiary/aromatic N) is 3. The molecule has 146 valence electrons. The molecule has 2 rings (SSSR count). The standard InChI is InChI=1S/C18H29N5O2.HI/c1-14-17(15(2)23(4)22-14)8-10-21-18(19-3)20-9-6-11-24-13-16-7-5-12-25-16;/h5,7,12H,6,8-11,13H2,1-4H3,(H2,19,20,21);1H. The van der Waals surface area contributed by atoms with Crippen molar-refractivity contribution in [2.24, 2.45) is 12.0 Å². The Labute approximate surface area is 172 Å². The summed E-state index contributed by atoms with van der Waals surface area (Å²) >= 11 is 0. The molecular weight excluding hydrogens is 445 g/mol. The normalized spacial score (nSPS) is 11.3. The third kappa shape index (κ3) is 6.99. The van der Waals surface area contributed by atoms with Crippen LogP contribution in [0.1, 0.15) is 29.1 Å². The fourth-order valence-corrected chi connectivity index (χ4v) is 2.65. The lowest BCUT2D eigenvalue weighted by Crippen LogP contribution is -2.39. The number of aryl methyl sites for hydroxylation is 2. The minimum Gasteiger partial charge on any atom is -0.467 e. The fourth-order valence-electron chi connectivity index (χ4n) is 2.65. The molecule has 0 radical (unpaired) electrons. The summed E-state index contributed by atoms with van der Waals surface area (Å²) in [6, 6.07) is 3.78. The topological polar surface area (TPSA) is 76.6 Å². The van der Waals surface area contributed by atoms with E-state index in [1.54, 1.807) is 13.3 Å². The summed E-state index contributed by atoms with van der Waals surface area (Å²) in [4.78, 5) is 4.25. The van der Waals surface area contributed by atoms with Gasteiger partial charge in [0, 0.05) is 39.5 Å². The molecular formula is C18H30IN5O2. The molecule has 2 aromatic rings. The van der Waals surface area contributed by atoms with Gasteiger partial charge in [0.15, 0.2) is 5.96 Å². The quantitative estimate of drug-likeness (QED) is 0.252. The molecule has 2 N–H and O–H groups in total. The smallest absolute Gasteiger partial charge is 0.190 e. The average Bonchev–Trinajstić information content (AvgIpc) is 3.19. The van der Waals surface area contributed by atoms with Crippen LogP contribution in [-0.2, 0) is 24.8 Å². The number of hydrogen-bond acceptors (Lipinski definition) is 4. The summed E-state index contributed by atoms with van der Waals surface area (Å²) in [6.45, 7) is 6.98. The van der Waals surface area contributed by atoms with Gasteiger partial charge in [-0.25, -0.2) is 0 Å². The Hall–Kier alpha value is -1.55. The monoisotopic (exact) mass is 475 g/mol. The van der Waals surface area contributed by atoms with Crippen molar-refractivity contribution in [2.75, 3.05) is 26.7 Å². The van der Waals surface area contributed by atoms with Crippen molar-refractivity contribution in [1.82, 2.24) is 20.4 Å². The van der Waals surface area contributed by atoms with Crippen molar-refractivity contribution in [3.63, 3.8) is 0 Å². The molecule has 2 aromatic heterocycles. The predicted octanol–water partition coefficient (Wildman–Crippen LogP) is 2.56. The van der Waals surface area contributed by atoms with E-state index in [0.29, 0.717) is 13.2 Å². The highest BCUT2D eigenvalue weighted by Gasteiger charge is 2.08. The van der Waals surface area contributed by atoms with Gasteiger partial charge in [0.1, 0.15) is 12.4 Å². The first-order valence-corrected chi connectivity index (χ1v) is 8.65. The highest BCUT2D eigenvalue weighted by molar-refractivity contribution is 14.0. The van der Waals surface area contributed by atoms with Gasteiger partial charge >= 0.3 is 0 Å². The van der Waals surface area contributed by atoms with Crippen LogP contribution in [0.3, 0.4) is 0 Å². The second kappa shape index (κ2) is 11.9. The maximum absolute atomic E-state index is 5.56. The van der Waals surface area contributed by atoms with E-state index in [4.69, 9.17) is 9.15 Å². The average molecular weight is 475 g/mol. The molecule has 0 fully saturated rings. The van der Waals surface area contributed by atoms with Gasteiger partial charge in [0.2, 0.25) is 0 Å². The summed E-state index contributed by atoms with van der Waals surface area (Å²) in [6.07, 6.45) is 3.49. The van der Waals surface area contributed by atoms with Gasteiger partial charge in [-0.2, -0.15) is 5.10 Å². The first kappa shape index (κ1) is 22.5. The molecule has 0 unspecified atom stereocenters. The molecule has 0 bridgehead atoms. The lowest BCUT2D eigenvalue weighted by Gasteiger charge is -2.12. The van der Waals surface area contributed by atoms with E-state index >= 15 is 0 Å². The first-order chi connectivity index (χ1) is 12.1. The molecule has 0 aliphatic carbocycles. The van der Waals surface area contributed by atoms with Gasteiger partial charge in [-0.05, 0) is 44.4 Å². The molecule has 0 aromatic carbocycles. The SMILES string of the molecule is CN=C(NCCCOCc1ccco1)NCCc1c(C)nn(C)c1C.I. The number of ether oxygens (including phenoxy) is 1. The number of nitrogens with one attached hydrogen (secondary N) is 2. The molecule has 0 aliphatic heterocycles. The van der Waals surface area contributed by atoms with E-state index < -0.39 is 0 Å². The number of guanidine groups is 1. The second-order valence-corrected chi connectivity index (χ2v) is 5.93. The van der Waals surface area contributed by atoms with E-state index in [1.807, 2.05) is 23.9 Å². The Morgan fingerprint density at radius 3 is 2.69 bits per heavy atom. The summed E-state index contributed by atoms with van der Waals surface area (Å²) < 4.78 is 12.7. The predicted molar refractivity (Wildman–Crippen MR) is 114 cm³/mol. The summed E-state index contributed by atoms with van der Waals surface area (Å²) in [5.74, 6) is 1.66. The third-order valence-corrected chi connectivity index (χ3v) is 4.13. The van der Waals surface area contributed by atoms with Crippen LogP contribution in [0.4, 0.5) is 0 Å². The van der Waals surface area contributed by atoms with Crippen molar-refractivity contribution in [1.29, 1.82) is 0 Å². The van der Waals surface area contributed by atoms with Gasteiger partial charge in [0.25, 0.3) is 0 Å². The van der Waals surface area contributed by atoms with Crippen molar-refractivity contribution in [2.45, 2.75) is 33.3 Å². The van der Waals surface area contributed by atoms with Gasteiger partial charge in [-0.1, -0.05) is 0 Å². The number of aromatic nitrogens is 2. The molecule has 0 spiro atoms. The third-order valence-electron chi connectivity index (χ3n) is 4.13. The minimum absolute atomic E-state index is 0. The zero-order valence-electron chi connectivity index (χ0n) is 16.0. The number of halogens is 1. The molecule has 26 heavy (non-hydrogen) atoms. The fraction of sp³-hybridized carbons (Fsp3) is 0.556. The molecule has 0 amide bonds. The highest BCUT2D eigenvalue weighted by Crippen LogP contribution is 2.11. The summed E-state index contributed by atoms with van der Waals surface area (Å²) in [5, 5.41) is 11.1. The van der Waals surface area contributed by atoms with E-state index in [9.17, 15) is 0 Å². The molecule has 2 heterocycles. The van der Waals surface area contributed by atoms with Crippen LogP contribution in [0.15, 0.2) is 27.8 Å². The van der Waals surface area contributed by atoms with Crippen LogP contribution in [0.25, 0.3) is 0 Å². The number of hydrogen-bond donors (Lipinski definition) is 2. The van der Waals surface area contributed by atoms with Crippen LogP contribution in [-0.4, -0.2) is 42.5 Å². The molecule has 7 nitrogen and oxygen atoms in total. The lowest BCUT2D eigenvalue weighted by molar-refractivity contribution is 0.105. The second-order valence-electron chi connectivity index (χ2n) is 5.93. The highest BCUT2D eigenvalue weighted by atomic mass is 127. The number of furan rings is 1. The van der Waals surface area contributed by atoms with Gasteiger partial charge in [0.05, 0.1) is 12.0 Å². The van der Waals surface area contributed by atoms with E-state index in [2.05, 4.69) is 34.6 Å². The molecule has 0 saturated carbocycles. The zero-order valence-corrected chi connectivity index (χ0v) is 18.4. The Morgan fingerprint density at radius 1 is 1.31 bits per heavy atom. The van der Waals surface area contributed by atoms with Crippen molar-refractivity contribution in [3.05, 3.63) is 41.1 Å². The van der Waals surface area contributed by atoms with Gasteiger partial charge in [-0.15, -0.1) is 24.0 Å². The van der Waals surface area contributed by atoms with Crippen LogP contribution in [0.5, 0.6) is 0 Å². The van der Waals surface area contributed by atoms with E-state index in [0.717, 1.165) is 43.3 Å². The van der Waals surface area contributed by atoms with Crippen LogP contribution < -0.4 is 10.6 Å².